The first-order valence-electron chi connectivity index (χ1n) is 3.44. The van der Waals surface area contributed by atoms with Crippen molar-refractivity contribution >= 4 is 18.0 Å². The van der Waals surface area contributed by atoms with Gasteiger partial charge in [-0.25, -0.2) is 4.98 Å². The molecule has 0 atom stereocenters. The number of rotatable bonds is 2. The highest BCUT2D eigenvalue weighted by Crippen LogP contribution is 2.02. The minimum atomic E-state index is -0.133. The van der Waals surface area contributed by atoms with E-state index in [-0.39, 0.29) is 12.3 Å². The third kappa shape index (κ3) is 1.75. The lowest BCUT2D eigenvalue weighted by atomic mass is 10.1. The number of hydrogen-bond donors (Lipinski definition) is 2. The molecule has 0 saturated heterocycles. The van der Waals surface area contributed by atoms with Gasteiger partial charge in [0.15, 0.2) is 10.6 Å². The maximum atomic E-state index is 11.1. The van der Waals surface area contributed by atoms with Crippen molar-refractivity contribution in [2.75, 3.05) is 6.54 Å². The number of nitrogens with zero attached hydrogens (tertiary/aromatic N) is 1. The fourth-order valence-electron chi connectivity index (χ4n) is 0.871. The van der Waals surface area contributed by atoms with Gasteiger partial charge in [0.1, 0.15) is 0 Å². The number of Topliss-reactive ketones (excluding diaryl/α,β-unsaturated/α-hetero) is 1. The molecule has 0 radical (unpaired) electrons. The number of nitrogens with two attached hydrogens (primary N) is 1. The standard InChI is InChI=1S/C7H9N3OS/c1-4-5(6(11)2-8)3-9-7(12)10-4/h3H,2,8H2,1H3,(H,9,10,12). The molecule has 5 heteroatoms. The Kier molecular flexibility index (Phi) is 2.67. The Balaban J connectivity index is 3.18. The molecular formula is C7H9N3OS. The first-order valence-corrected chi connectivity index (χ1v) is 3.85. The Morgan fingerprint density at radius 3 is 3.00 bits per heavy atom. The molecule has 0 aromatic carbocycles. The lowest BCUT2D eigenvalue weighted by Gasteiger charge is -2.00. The minimum absolute atomic E-state index is 0.00681. The van der Waals surface area contributed by atoms with Crippen LogP contribution in [0.25, 0.3) is 0 Å². The van der Waals surface area contributed by atoms with Gasteiger partial charge in [-0.15, -0.1) is 0 Å². The van der Waals surface area contributed by atoms with Crippen molar-refractivity contribution < 1.29 is 4.79 Å². The smallest absolute Gasteiger partial charge is 0.196 e. The van der Waals surface area contributed by atoms with Crippen LogP contribution < -0.4 is 5.73 Å². The summed E-state index contributed by atoms with van der Waals surface area (Å²) in [5, 5.41) is 0. The predicted octanol–water partition coefficient (Wildman–Crippen LogP) is 0.589. The molecule has 0 amide bonds. The molecule has 64 valence electrons. The summed E-state index contributed by atoms with van der Waals surface area (Å²) in [5.74, 6) is -0.133. The van der Waals surface area contributed by atoms with Gasteiger partial charge in [-0.2, -0.15) is 0 Å². The normalized spacial score (nSPS) is 9.83. The van der Waals surface area contributed by atoms with Crippen LogP contribution in [0.2, 0.25) is 0 Å². The van der Waals surface area contributed by atoms with Crippen LogP contribution in [0, 0.1) is 11.7 Å². The lowest BCUT2D eigenvalue weighted by molar-refractivity contribution is 0.1000. The zero-order valence-electron chi connectivity index (χ0n) is 6.63. The van der Waals surface area contributed by atoms with Crippen LogP contribution in [0.3, 0.4) is 0 Å². The minimum Gasteiger partial charge on any atom is -0.334 e. The molecule has 4 nitrogen and oxygen atoms in total. The molecule has 0 spiro atoms. The van der Waals surface area contributed by atoms with Gasteiger partial charge in [-0.3, -0.25) is 4.79 Å². The Morgan fingerprint density at radius 1 is 1.83 bits per heavy atom. The van der Waals surface area contributed by atoms with E-state index in [0.29, 0.717) is 16.0 Å². The van der Waals surface area contributed by atoms with Gasteiger partial charge in [0.25, 0.3) is 0 Å². The van der Waals surface area contributed by atoms with Crippen LogP contribution in [0.1, 0.15) is 16.1 Å². The highest BCUT2D eigenvalue weighted by molar-refractivity contribution is 7.71. The van der Waals surface area contributed by atoms with Crippen LogP contribution in [-0.4, -0.2) is 22.3 Å². The predicted molar refractivity (Wildman–Crippen MR) is 47.5 cm³/mol. The molecule has 0 aliphatic heterocycles. The van der Waals surface area contributed by atoms with E-state index >= 15 is 0 Å². The number of aryl methyl sites for hydroxylation is 1. The highest BCUT2D eigenvalue weighted by atomic mass is 32.1. The molecule has 0 unspecified atom stereocenters. The topological polar surface area (TPSA) is 71.8 Å². The molecule has 1 aromatic heterocycles. The molecule has 12 heavy (non-hydrogen) atoms. The van der Waals surface area contributed by atoms with E-state index in [1.807, 2.05) is 0 Å². The van der Waals surface area contributed by atoms with E-state index in [9.17, 15) is 4.79 Å². The van der Waals surface area contributed by atoms with Gasteiger partial charge in [0, 0.05) is 11.9 Å². The van der Waals surface area contributed by atoms with Crippen molar-refractivity contribution in [3.05, 3.63) is 22.2 Å². The fraction of sp³-hybridized carbons (Fsp3) is 0.286. The van der Waals surface area contributed by atoms with E-state index in [0.717, 1.165) is 0 Å². The average Bonchev–Trinajstić information content (AvgIpc) is 2.03. The number of carbonyl (C=O) groups excluding carboxylic acids is 1. The van der Waals surface area contributed by atoms with Crippen molar-refractivity contribution in [2.24, 2.45) is 5.73 Å². The Bertz CT molecular complexity index is 358. The van der Waals surface area contributed by atoms with Crippen molar-refractivity contribution in [3.8, 4) is 0 Å². The van der Waals surface area contributed by atoms with Crippen molar-refractivity contribution in [1.82, 2.24) is 9.97 Å². The number of aromatic amines is 1. The van der Waals surface area contributed by atoms with Crippen LogP contribution in [0.4, 0.5) is 0 Å². The van der Waals surface area contributed by atoms with Gasteiger partial charge in [0.2, 0.25) is 0 Å². The third-order valence-electron chi connectivity index (χ3n) is 1.50. The molecule has 1 aromatic rings. The zero-order chi connectivity index (χ0) is 9.14. The number of nitrogens with one attached hydrogen (secondary N) is 1. The van der Waals surface area contributed by atoms with Crippen molar-refractivity contribution in [3.63, 3.8) is 0 Å². The second-order valence-electron chi connectivity index (χ2n) is 2.35. The Hall–Kier alpha value is -1.07. The summed E-state index contributed by atoms with van der Waals surface area (Å²) in [7, 11) is 0. The Morgan fingerprint density at radius 2 is 2.50 bits per heavy atom. The summed E-state index contributed by atoms with van der Waals surface area (Å²) >= 11 is 4.77. The molecule has 1 heterocycles. The largest absolute Gasteiger partial charge is 0.334 e. The maximum Gasteiger partial charge on any atom is 0.196 e. The maximum absolute atomic E-state index is 11.1. The second-order valence-corrected chi connectivity index (χ2v) is 2.74. The molecule has 0 aliphatic rings. The Labute approximate surface area is 74.8 Å². The van der Waals surface area contributed by atoms with E-state index in [1.54, 1.807) is 6.92 Å². The molecule has 0 saturated carbocycles. The lowest BCUT2D eigenvalue weighted by Crippen LogP contribution is -2.15. The SMILES string of the molecule is Cc1[nH]c(=S)ncc1C(=O)CN. The quantitative estimate of drug-likeness (QED) is 0.520. The molecule has 0 fully saturated rings. The van der Waals surface area contributed by atoms with Gasteiger partial charge >= 0.3 is 0 Å². The molecule has 0 bridgehead atoms. The first-order chi connectivity index (χ1) is 5.65. The van der Waals surface area contributed by atoms with Crippen molar-refractivity contribution in [2.45, 2.75) is 6.92 Å². The van der Waals surface area contributed by atoms with E-state index in [1.165, 1.54) is 6.20 Å². The molecular weight excluding hydrogens is 174 g/mol. The van der Waals surface area contributed by atoms with E-state index < -0.39 is 0 Å². The summed E-state index contributed by atoms with van der Waals surface area (Å²) in [6.07, 6.45) is 1.45. The molecule has 0 aliphatic carbocycles. The van der Waals surface area contributed by atoms with Gasteiger partial charge in [-0.1, -0.05) is 0 Å². The number of hydrogen-bond acceptors (Lipinski definition) is 4. The number of H-pyrrole nitrogens is 1. The number of ketones is 1. The highest BCUT2D eigenvalue weighted by Gasteiger charge is 2.06. The fourth-order valence-corrected chi connectivity index (χ4v) is 1.08. The first kappa shape index (κ1) is 9.02. The summed E-state index contributed by atoms with van der Waals surface area (Å²) in [6, 6.07) is 0. The van der Waals surface area contributed by atoms with Gasteiger partial charge in [0.05, 0.1) is 12.1 Å². The van der Waals surface area contributed by atoms with Crippen LogP contribution in [-0.2, 0) is 0 Å². The van der Waals surface area contributed by atoms with Gasteiger partial charge < -0.3 is 10.7 Å². The summed E-state index contributed by atoms with van der Waals surface area (Å²) in [4.78, 5) is 17.7. The van der Waals surface area contributed by atoms with Gasteiger partial charge in [-0.05, 0) is 19.1 Å². The molecule has 3 N–H and O–H groups in total. The van der Waals surface area contributed by atoms with Crippen molar-refractivity contribution in [1.29, 1.82) is 0 Å². The van der Waals surface area contributed by atoms with Crippen LogP contribution >= 0.6 is 12.2 Å². The summed E-state index contributed by atoms with van der Waals surface area (Å²) in [6.45, 7) is 1.76. The van der Waals surface area contributed by atoms with E-state index in [2.05, 4.69) is 9.97 Å². The second kappa shape index (κ2) is 3.55. The summed E-state index contributed by atoms with van der Waals surface area (Å²) in [5.41, 5.74) is 6.41. The average molecular weight is 183 g/mol. The molecule has 1 rings (SSSR count). The third-order valence-corrected chi connectivity index (χ3v) is 1.70. The number of aromatic nitrogens is 2. The zero-order valence-corrected chi connectivity index (χ0v) is 7.44. The van der Waals surface area contributed by atoms with Crippen LogP contribution in [0.15, 0.2) is 6.20 Å². The number of carbonyl (C=O) groups is 1. The van der Waals surface area contributed by atoms with E-state index in [4.69, 9.17) is 18.0 Å². The summed E-state index contributed by atoms with van der Waals surface area (Å²) < 4.78 is 0.376. The van der Waals surface area contributed by atoms with Crippen LogP contribution in [0.5, 0.6) is 0 Å². The monoisotopic (exact) mass is 183 g/mol.